The number of nitrogens with zero attached hydrogens (tertiary/aromatic N) is 4. The first-order valence-electron chi connectivity index (χ1n) is 6.25. The molecule has 1 aromatic rings. The Hall–Kier alpha value is -1.63. The lowest BCUT2D eigenvalue weighted by Gasteiger charge is -2.18. The molecule has 1 aliphatic heterocycles. The quantitative estimate of drug-likeness (QED) is 0.874. The van der Waals surface area contributed by atoms with E-state index in [0.29, 0.717) is 25.6 Å². The first kappa shape index (κ1) is 13.8. The zero-order valence-electron chi connectivity index (χ0n) is 10.7. The Morgan fingerprint density at radius 2 is 2.26 bits per heavy atom. The molecule has 1 N–H and O–H groups in total. The average molecular weight is 286 g/mol. The molecule has 8 heteroatoms. The van der Waals surface area contributed by atoms with Gasteiger partial charge in [-0.2, -0.15) is 15.0 Å². The van der Waals surface area contributed by atoms with Gasteiger partial charge in [-0.05, 0) is 24.4 Å². The fourth-order valence-corrected chi connectivity index (χ4v) is 1.85. The minimum atomic E-state index is -0.0509. The van der Waals surface area contributed by atoms with E-state index < -0.39 is 0 Å². The number of ether oxygens (including phenoxy) is 1. The van der Waals surface area contributed by atoms with Gasteiger partial charge in [0.1, 0.15) is 0 Å². The fourth-order valence-electron chi connectivity index (χ4n) is 1.70. The van der Waals surface area contributed by atoms with E-state index in [0.717, 1.165) is 12.8 Å². The molecule has 1 fully saturated rings. The van der Waals surface area contributed by atoms with Gasteiger partial charge in [-0.15, -0.1) is 0 Å². The molecule has 19 heavy (non-hydrogen) atoms. The van der Waals surface area contributed by atoms with Gasteiger partial charge < -0.3 is 15.0 Å². The maximum atomic E-state index is 11.5. The van der Waals surface area contributed by atoms with Crippen LogP contribution in [-0.4, -0.2) is 47.1 Å². The number of halogens is 1. The van der Waals surface area contributed by atoms with Crippen LogP contribution in [0.2, 0.25) is 5.28 Å². The molecule has 1 aliphatic rings. The van der Waals surface area contributed by atoms with Crippen LogP contribution in [0.15, 0.2) is 0 Å². The smallest absolute Gasteiger partial charge is 0.322 e. The van der Waals surface area contributed by atoms with Gasteiger partial charge in [-0.3, -0.25) is 4.79 Å². The van der Waals surface area contributed by atoms with Crippen molar-refractivity contribution in [2.75, 3.05) is 31.1 Å². The van der Waals surface area contributed by atoms with Crippen molar-refractivity contribution in [3.63, 3.8) is 0 Å². The third-order valence-corrected chi connectivity index (χ3v) is 2.72. The van der Waals surface area contributed by atoms with E-state index in [-0.39, 0.29) is 23.7 Å². The van der Waals surface area contributed by atoms with E-state index in [2.05, 4.69) is 20.3 Å². The molecule has 0 radical (unpaired) electrons. The van der Waals surface area contributed by atoms with E-state index in [1.807, 2.05) is 6.92 Å². The second-order valence-electron chi connectivity index (χ2n) is 4.16. The van der Waals surface area contributed by atoms with Gasteiger partial charge in [0.2, 0.25) is 17.1 Å². The molecular weight excluding hydrogens is 270 g/mol. The Balaban J connectivity index is 2.17. The molecule has 0 saturated carbocycles. The monoisotopic (exact) mass is 285 g/mol. The molecule has 1 amide bonds. The van der Waals surface area contributed by atoms with Gasteiger partial charge in [0.25, 0.3) is 0 Å². The molecule has 0 aromatic carbocycles. The summed E-state index contributed by atoms with van der Waals surface area (Å²) in [6.07, 6.45) is 1.69. The molecule has 0 aliphatic carbocycles. The first-order chi connectivity index (χ1) is 9.19. The Kier molecular flexibility index (Phi) is 4.73. The maximum absolute atomic E-state index is 11.5. The van der Waals surface area contributed by atoms with Gasteiger partial charge in [-0.25, -0.2) is 0 Å². The first-order valence-corrected chi connectivity index (χ1v) is 6.63. The summed E-state index contributed by atoms with van der Waals surface area (Å²) in [6.45, 7) is 4.07. The van der Waals surface area contributed by atoms with Gasteiger partial charge in [0.05, 0.1) is 13.2 Å². The molecule has 1 saturated heterocycles. The van der Waals surface area contributed by atoms with Crippen LogP contribution in [0.4, 0.5) is 5.95 Å². The minimum Gasteiger partial charge on any atom is -0.463 e. The van der Waals surface area contributed by atoms with Crippen LogP contribution in [0.1, 0.15) is 19.8 Å². The predicted octanol–water partition coefficient (Wildman–Crippen LogP) is 0.640. The van der Waals surface area contributed by atoms with Crippen LogP contribution in [0.5, 0.6) is 6.01 Å². The highest BCUT2D eigenvalue weighted by Gasteiger charge is 2.19. The Labute approximate surface area is 116 Å². The summed E-state index contributed by atoms with van der Waals surface area (Å²) in [5, 5.41) is 2.86. The Morgan fingerprint density at radius 3 is 3.05 bits per heavy atom. The largest absolute Gasteiger partial charge is 0.463 e. The standard InChI is InChI=1S/C11H16ClN5O2/c1-2-6-19-11-15-9(12)14-10(16-11)17-5-3-4-13-8(18)7-17/h2-7H2,1H3,(H,13,18). The summed E-state index contributed by atoms with van der Waals surface area (Å²) in [7, 11) is 0. The number of nitrogens with one attached hydrogen (secondary N) is 1. The van der Waals surface area contributed by atoms with Gasteiger partial charge in [0.15, 0.2) is 0 Å². The lowest BCUT2D eigenvalue weighted by atomic mass is 10.4. The van der Waals surface area contributed by atoms with Crippen molar-refractivity contribution < 1.29 is 9.53 Å². The van der Waals surface area contributed by atoms with E-state index in [1.54, 1.807) is 4.90 Å². The number of rotatable bonds is 4. The highest BCUT2D eigenvalue weighted by molar-refractivity contribution is 6.28. The zero-order chi connectivity index (χ0) is 13.7. The minimum absolute atomic E-state index is 0.0509. The van der Waals surface area contributed by atoms with Gasteiger partial charge in [0, 0.05) is 13.1 Å². The number of hydrogen-bond acceptors (Lipinski definition) is 6. The lowest BCUT2D eigenvalue weighted by Crippen LogP contribution is -2.34. The third kappa shape index (κ3) is 3.92. The average Bonchev–Trinajstić information content (AvgIpc) is 2.60. The van der Waals surface area contributed by atoms with Crippen LogP contribution in [0, 0.1) is 0 Å². The van der Waals surface area contributed by atoms with Crippen LogP contribution in [-0.2, 0) is 4.79 Å². The van der Waals surface area contributed by atoms with Crippen LogP contribution >= 0.6 is 11.6 Å². The Bertz CT molecular complexity index is 457. The summed E-state index contributed by atoms with van der Waals surface area (Å²) in [6, 6.07) is 0.196. The molecule has 0 spiro atoms. The molecule has 1 aromatic heterocycles. The van der Waals surface area contributed by atoms with Crippen molar-refractivity contribution in [2.45, 2.75) is 19.8 Å². The van der Waals surface area contributed by atoms with Crippen LogP contribution < -0.4 is 15.0 Å². The molecule has 104 valence electrons. The number of aromatic nitrogens is 3. The van der Waals surface area contributed by atoms with E-state index >= 15 is 0 Å². The molecular formula is C11H16ClN5O2. The second-order valence-corrected chi connectivity index (χ2v) is 4.50. The number of amides is 1. The zero-order valence-corrected chi connectivity index (χ0v) is 11.5. The number of hydrogen-bond donors (Lipinski definition) is 1. The summed E-state index contributed by atoms with van der Waals surface area (Å²) in [5.41, 5.74) is 0. The summed E-state index contributed by atoms with van der Waals surface area (Å²) in [4.78, 5) is 25.4. The summed E-state index contributed by atoms with van der Waals surface area (Å²) < 4.78 is 5.35. The van der Waals surface area contributed by atoms with E-state index in [1.165, 1.54) is 0 Å². The Morgan fingerprint density at radius 1 is 1.42 bits per heavy atom. The van der Waals surface area contributed by atoms with Crippen molar-refractivity contribution in [3.05, 3.63) is 5.28 Å². The SMILES string of the molecule is CCCOc1nc(Cl)nc(N2CCCNC(=O)C2)n1. The second kappa shape index (κ2) is 6.51. The van der Waals surface area contributed by atoms with Crippen molar-refractivity contribution in [2.24, 2.45) is 0 Å². The number of anilines is 1. The molecule has 0 unspecified atom stereocenters. The molecule has 0 atom stereocenters. The predicted molar refractivity (Wildman–Crippen MR) is 70.5 cm³/mol. The highest BCUT2D eigenvalue weighted by atomic mass is 35.5. The molecule has 2 rings (SSSR count). The van der Waals surface area contributed by atoms with Gasteiger partial charge >= 0.3 is 6.01 Å². The van der Waals surface area contributed by atoms with Crippen LogP contribution in [0.3, 0.4) is 0 Å². The van der Waals surface area contributed by atoms with Crippen molar-refractivity contribution in [1.29, 1.82) is 0 Å². The fraction of sp³-hybridized carbons (Fsp3) is 0.636. The molecule has 7 nitrogen and oxygen atoms in total. The van der Waals surface area contributed by atoms with E-state index in [9.17, 15) is 4.79 Å². The maximum Gasteiger partial charge on any atom is 0.322 e. The van der Waals surface area contributed by atoms with E-state index in [4.69, 9.17) is 16.3 Å². The highest BCUT2D eigenvalue weighted by Crippen LogP contribution is 2.16. The molecule has 0 bridgehead atoms. The van der Waals surface area contributed by atoms with Crippen molar-refractivity contribution >= 4 is 23.5 Å². The van der Waals surface area contributed by atoms with Crippen molar-refractivity contribution in [1.82, 2.24) is 20.3 Å². The third-order valence-electron chi connectivity index (χ3n) is 2.56. The van der Waals surface area contributed by atoms with Crippen molar-refractivity contribution in [3.8, 4) is 6.01 Å². The summed E-state index contributed by atoms with van der Waals surface area (Å²) >= 11 is 5.86. The summed E-state index contributed by atoms with van der Waals surface area (Å²) in [5.74, 6) is 0.327. The van der Waals surface area contributed by atoms with Gasteiger partial charge in [-0.1, -0.05) is 6.92 Å². The normalized spacial score (nSPS) is 15.9. The topological polar surface area (TPSA) is 80.2 Å². The molecule has 2 heterocycles. The van der Waals surface area contributed by atoms with Crippen LogP contribution in [0.25, 0.3) is 0 Å². The number of carbonyl (C=O) groups excluding carboxylic acids is 1. The lowest BCUT2D eigenvalue weighted by molar-refractivity contribution is -0.119. The number of carbonyl (C=O) groups is 1.